The number of ether oxygens (including phenoxy) is 2. The molecule has 5 heteroatoms. The average Bonchev–Trinajstić information content (AvgIpc) is 2.73. The van der Waals surface area contributed by atoms with E-state index in [9.17, 15) is 4.79 Å². The lowest BCUT2D eigenvalue weighted by Crippen LogP contribution is -2.22. The molecule has 0 fully saturated rings. The average molecular weight is 237 g/mol. The van der Waals surface area contributed by atoms with E-state index >= 15 is 0 Å². The van der Waals surface area contributed by atoms with Gasteiger partial charge in [0.1, 0.15) is 6.04 Å². The second-order valence-electron chi connectivity index (χ2n) is 4.27. The highest BCUT2D eigenvalue weighted by Crippen LogP contribution is 2.42. The standard InChI is InChI=1S/C12H15NO4/c1-6(2)9-7(10(13)12(14)15)3-4-8-11(9)17-5-16-8/h3-4,6,10H,5,13H2,1-2H3,(H,14,15). The Morgan fingerprint density at radius 3 is 2.71 bits per heavy atom. The molecule has 1 aliphatic rings. The zero-order valence-corrected chi connectivity index (χ0v) is 9.77. The summed E-state index contributed by atoms with van der Waals surface area (Å²) < 4.78 is 10.7. The van der Waals surface area contributed by atoms with Crippen LogP contribution in [-0.2, 0) is 4.79 Å². The maximum atomic E-state index is 11.0. The van der Waals surface area contributed by atoms with Gasteiger partial charge in [0.25, 0.3) is 0 Å². The summed E-state index contributed by atoms with van der Waals surface area (Å²) in [5.41, 5.74) is 7.07. The fraction of sp³-hybridized carbons (Fsp3) is 0.417. The number of hydrogen-bond donors (Lipinski definition) is 2. The molecular formula is C12H15NO4. The Hall–Kier alpha value is -1.75. The monoisotopic (exact) mass is 237 g/mol. The molecule has 1 heterocycles. The lowest BCUT2D eigenvalue weighted by Gasteiger charge is -2.17. The van der Waals surface area contributed by atoms with Crippen LogP contribution in [0.4, 0.5) is 0 Å². The van der Waals surface area contributed by atoms with E-state index < -0.39 is 12.0 Å². The lowest BCUT2D eigenvalue weighted by atomic mass is 9.91. The third-order valence-corrected chi connectivity index (χ3v) is 2.79. The van der Waals surface area contributed by atoms with Gasteiger partial charge in [-0.25, -0.2) is 0 Å². The van der Waals surface area contributed by atoms with Crippen molar-refractivity contribution in [2.45, 2.75) is 25.8 Å². The zero-order valence-electron chi connectivity index (χ0n) is 9.77. The summed E-state index contributed by atoms with van der Waals surface area (Å²) in [7, 11) is 0. The first-order valence-electron chi connectivity index (χ1n) is 5.43. The molecule has 1 aromatic carbocycles. The number of carbonyl (C=O) groups is 1. The second kappa shape index (κ2) is 4.25. The molecule has 3 N–H and O–H groups in total. The first-order valence-corrected chi connectivity index (χ1v) is 5.43. The Kier molecular flexibility index (Phi) is 2.93. The molecule has 1 aliphatic heterocycles. The van der Waals surface area contributed by atoms with Crippen LogP contribution in [0.2, 0.25) is 0 Å². The van der Waals surface area contributed by atoms with Crippen LogP contribution in [0.5, 0.6) is 11.5 Å². The van der Waals surface area contributed by atoms with Gasteiger partial charge in [0, 0.05) is 5.56 Å². The van der Waals surface area contributed by atoms with Crippen LogP contribution in [-0.4, -0.2) is 17.9 Å². The van der Waals surface area contributed by atoms with Crippen molar-refractivity contribution in [3.8, 4) is 11.5 Å². The predicted octanol–water partition coefficient (Wildman–Crippen LogP) is 1.62. The summed E-state index contributed by atoms with van der Waals surface area (Å²) in [6, 6.07) is 2.36. The minimum Gasteiger partial charge on any atom is -0.480 e. The fourth-order valence-electron chi connectivity index (χ4n) is 2.01. The third-order valence-electron chi connectivity index (χ3n) is 2.79. The fourth-order valence-corrected chi connectivity index (χ4v) is 2.01. The first-order chi connectivity index (χ1) is 8.02. The summed E-state index contributed by atoms with van der Waals surface area (Å²) in [6.07, 6.45) is 0. The number of rotatable bonds is 3. The van der Waals surface area contributed by atoms with Crippen molar-refractivity contribution in [2.75, 3.05) is 6.79 Å². The number of fused-ring (bicyclic) bond motifs is 1. The lowest BCUT2D eigenvalue weighted by molar-refractivity contribution is -0.138. The molecule has 1 unspecified atom stereocenters. The van der Waals surface area contributed by atoms with Gasteiger partial charge in [-0.3, -0.25) is 4.79 Å². The van der Waals surface area contributed by atoms with Crippen molar-refractivity contribution in [3.63, 3.8) is 0 Å². The molecule has 2 rings (SSSR count). The molecule has 1 aromatic rings. The van der Waals surface area contributed by atoms with Crippen molar-refractivity contribution in [1.29, 1.82) is 0 Å². The van der Waals surface area contributed by atoms with E-state index in [2.05, 4.69) is 0 Å². The number of hydrogen-bond acceptors (Lipinski definition) is 4. The number of aliphatic carboxylic acids is 1. The molecule has 0 bridgehead atoms. The molecule has 0 radical (unpaired) electrons. The van der Waals surface area contributed by atoms with Crippen LogP contribution in [0.25, 0.3) is 0 Å². The van der Waals surface area contributed by atoms with Gasteiger partial charge in [-0.15, -0.1) is 0 Å². The van der Waals surface area contributed by atoms with Gasteiger partial charge < -0.3 is 20.3 Å². The molecule has 0 aromatic heterocycles. The third kappa shape index (κ3) is 1.93. The van der Waals surface area contributed by atoms with Gasteiger partial charge in [-0.1, -0.05) is 19.9 Å². The van der Waals surface area contributed by atoms with Gasteiger partial charge in [0.05, 0.1) is 0 Å². The minimum atomic E-state index is -1.05. The Morgan fingerprint density at radius 1 is 1.41 bits per heavy atom. The highest BCUT2D eigenvalue weighted by atomic mass is 16.7. The largest absolute Gasteiger partial charge is 0.480 e. The summed E-state index contributed by atoms with van der Waals surface area (Å²) >= 11 is 0. The van der Waals surface area contributed by atoms with E-state index in [1.807, 2.05) is 13.8 Å². The van der Waals surface area contributed by atoms with Crippen molar-refractivity contribution >= 4 is 5.97 Å². The van der Waals surface area contributed by atoms with E-state index in [1.165, 1.54) is 0 Å². The Bertz CT molecular complexity index is 456. The quantitative estimate of drug-likeness (QED) is 0.834. The van der Waals surface area contributed by atoms with Crippen LogP contribution in [0.15, 0.2) is 12.1 Å². The number of carboxylic acids is 1. The van der Waals surface area contributed by atoms with E-state index in [0.717, 1.165) is 5.56 Å². The van der Waals surface area contributed by atoms with Gasteiger partial charge >= 0.3 is 5.97 Å². The second-order valence-corrected chi connectivity index (χ2v) is 4.27. The summed E-state index contributed by atoms with van der Waals surface area (Å²) in [5, 5.41) is 8.99. The van der Waals surface area contributed by atoms with Gasteiger partial charge in [0.2, 0.25) is 6.79 Å². The SMILES string of the molecule is CC(C)c1c(C(N)C(=O)O)ccc2c1OCO2. The van der Waals surface area contributed by atoms with E-state index in [4.69, 9.17) is 20.3 Å². The van der Waals surface area contributed by atoms with Gasteiger partial charge in [-0.05, 0) is 17.5 Å². The molecule has 1 atom stereocenters. The molecule has 0 saturated heterocycles. The zero-order chi connectivity index (χ0) is 12.6. The molecule has 0 saturated carbocycles. The summed E-state index contributed by atoms with van der Waals surface area (Å²) in [4.78, 5) is 11.0. The number of carboxylic acid groups (broad SMARTS) is 1. The molecular weight excluding hydrogens is 222 g/mol. The van der Waals surface area contributed by atoms with Crippen LogP contribution in [0.3, 0.4) is 0 Å². The Balaban J connectivity index is 2.56. The Morgan fingerprint density at radius 2 is 2.12 bits per heavy atom. The van der Waals surface area contributed by atoms with Crippen LogP contribution < -0.4 is 15.2 Å². The van der Waals surface area contributed by atoms with E-state index in [0.29, 0.717) is 17.1 Å². The maximum Gasteiger partial charge on any atom is 0.325 e. The molecule has 0 aliphatic carbocycles. The van der Waals surface area contributed by atoms with Crippen molar-refractivity contribution in [1.82, 2.24) is 0 Å². The number of benzene rings is 1. The van der Waals surface area contributed by atoms with Crippen molar-refractivity contribution < 1.29 is 19.4 Å². The topological polar surface area (TPSA) is 81.8 Å². The Labute approximate surface area is 99.1 Å². The van der Waals surface area contributed by atoms with Crippen LogP contribution in [0, 0.1) is 0 Å². The minimum absolute atomic E-state index is 0.118. The van der Waals surface area contributed by atoms with Crippen LogP contribution in [0.1, 0.15) is 36.9 Å². The number of nitrogens with two attached hydrogens (primary N) is 1. The van der Waals surface area contributed by atoms with Gasteiger partial charge in [0.15, 0.2) is 11.5 Å². The van der Waals surface area contributed by atoms with Crippen LogP contribution >= 0.6 is 0 Å². The molecule has 0 spiro atoms. The maximum absolute atomic E-state index is 11.0. The predicted molar refractivity (Wildman–Crippen MR) is 61.2 cm³/mol. The molecule has 5 nitrogen and oxygen atoms in total. The van der Waals surface area contributed by atoms with Crippen molar-refractivity contribution in [3.05, 3.63) is 23.3 Å². The van der Waals surface area contributed by atoms with E-state index in [-0.39, 0.29) is 12.7 Å². The molecule has 92 valence electrons. The van der Waals surface area contributed by atoms with E-state index in [1.54, 1.807) is 12.1 Å². The smallest absolute Gasteiger partial charge is 0.325 e. The molecule has 0 amide bonds. The highest BCUT2D eigenvalue weighted by molar-refractivity contribution is 5.77. The highest BCUT2D eigenvalue weighted by Gasteiger charge is 2.27. The summed E-state index contributed by atoms with van der Waals surface area (Å²) in [6.45, 7) is 4.10. The first kappa shape index (κ1) is 11.7. The summed E-state index contributed by atoms with van der Waals surface area (Å²) in [5.74, 6) is 0.335. The normalized spacial score (nSPS) is 15.1. The molecule has 17 heavy (non-hydrogen) atoms. The van der Waals surface area contributed by atoms with Gasteiger partial charge in [-0.2, -0.15) is 0 Å². The van der Waals surface area contributed by atoms with Crippen molar-refractivity contribution in [2.24, 2.45) is 5.73 Å².